The van der Waals surface area contributed by atoms with Gasteiger partial charge in [-0.2, -0.15) is 0 Å². The second kappa shape index (κ2) is 11.0. The van der Waals surface area contributed by atoms with Crippen LogP contribution in [0.5, 0.6) is 0 Å². The molecular weight excluding hydrogens is 174 g/mol. The molecule has 2 nitrogen and oxygen atoms in total. The first-order valence-corrected chi connectivity index (χ1v) is 6.05. The highest BCUT2D eigenvalue weighted by Crippen LogP contribution is 2.00. The Labute approximate surface area is 89.4 Å². The van der Waals surface area contributed by atoms with Crippen LogP contribution in [0.25, 0.3) is 0 Å². The third-order valence-electron chi connectivity index (χ3n) is 2.23. The number of hydrogen-bond donors (Lipinski definition) is 1. The van der Waals surface area contributed by atoms with Crippen LogP contribution in [0.3, 0.4) is 0 Å². The summed E-state index contributed by atoms with van der Waals surface area (Å²) in [5.41, 5.74) is 0. The number of ether oxygens (including phenoxy) is 1. The normalized spacial score (nSPS) is 11.1. The van der Waals surface area contributed by atoms with Gasteiger partial charge in [-0.3, -0.25) is 0 Å². The van der Waals surface area contributed by atoms with Crippen molar-refractivity contribution in [2.45, 2.75) is 46.5 Å². The SMILES string of the molecule is CCNCCCCCOCCC(C)C. The van der Waals surface area contributed by atoms with Crippen LogP contribution in [0.1, 0.15) is 46.5 Å². The Morgan fingerprint density at radius 1 is 1.07 bits per heavy atom. The topological polar surface area (TPSA) is 21.3 Å². The van der Waals surface area contributed by atoms with Crippen LogP contribution < -0.4 is 5.32 Å². The standard InChI is InChI=1S/C12H27NO/c1-4-13-9-6-5-7-10-14-11-8-12(2)3/h12-13H,4-11H2,1-3H3. The Morgan fingerprint density at radius 3 is 2.50 bits per heavy atom. The second-order valence-electron chi connectivity index (χ2n) is 4.21. The summed E-state index contributed by atoms with van der Waals surface area (Å²) >= 11 is 0. The van der Waals surface area contributed by atoms with Crippen molar-refractivity contribution in [3.63, 3.8) is 0 Å². The van der Waals surface area contributed by atoms with Gasteiger partial charge < -0.3 is 10.1 Å². The molecule has 0 aromatic carbocycles. The summed E-state index contributed by atoms with van der Waals surface area (Å²) in [4.78, 5) is 0. The van der Waals surface area contributed by atoms with E-state index in [-0.39, 0.29) is 0 Å². The Kier molecular flexibility index (Phi) is 10.9. The quantitative estimate of drug-likeness (QED) is 0.549. The van der Waals surface area contributed by atoms with Crippen LogP contribution >= 0.6 is 0 Å². The molecule has 0 spiro atoms. The molecule has 1 N–H and O–H groups in total. The van der Waals surface area contributed by atoms with E-state index in [0.29, 0.717) is 0 Å². The van der Waals surface area contributed by atoms with E-state index in [1.54, 1.807) is 0 Å². The van der Waals surface area contributed by atoms with Gasteiger partial charge in [0.1, 0.15) is 0 Å². The van der Waals surface area contributed by atoms with Crippen molar-refractivity contribution >= 4 is 0 Å². The second-order valence-corrected chi connectivity index (χ2v) is 4.21. The zero-order chi connectivity index (χ0) is 10.6. The van der Waals surface area contributed by atoms with Crippen molar-refractivity contribution in [1.29, 1.82) is 0 Å². The van der Waals surface area contributed by atoms with E-state index < -0.39 is 0 Å². The smallest absolute Gasteiger partial charge is 0.0468 e. The zero-order valence-corrected chi connectivity index (χ0v) is 10.1. The fourth-order valence-corrected chi connectivity index (χ4v) is 1.23. The van der Waals surface area contributed by atoms with E-state index in [0.717, 1.165) is 32.2 Å². The summed E-state index contributed by atoms with van der Waals surface area (Å²) in [5, 5.41) is 3.32. The highest BCUT2D eigenvalue weighted by atomic mass is 16.5. The molecule has 0 radical (unpaired) electrons. The third kappa shape index (κ3) is 11.9. The van der Waals surface area contributed by atoms with Crippen LogP contribution in [0.2, 0.25) is 0 Å². The maximum Gasteiger partial charge on any atom is 0.0468 e. The fourth-order valence-electron chi connectivity index (χ4n) is 1.23. The van der Waals surface area contributed by atoms with Crippen molar-refractivity contribution in [3.05, 3.63) is 0 Å². The van der Waals surface area contributed by atoms with E-state index in [9.17, 15) is 0 Å². The monoisotopic (exact) mass is 201 g/mol. The van der Waals surface area contributed by atoms with Gasteiger partial charge in [-0.25, -0.2) is 0 Å². The summed E-state index contributed by atoms with van der Waals surface area (Å²) in [6, 6.07) is 0. The van der Waals surface area contributed by atoms with Crippen LogP contribution in [0, 0.1) is 5.92 Å². The summed E-state index contributed by atoms with van der Waals surface area (Å²) in [6.45, 7) is 10.7. The van der Waals surface area contributed by atoms with Crippen molar-refractivity contribution in [2.75, 3.05) is 26.3 Å². The molecule has 0 heterocycles. The third-order valence-corrected chi connectivity index (χ3v) is 2.23. The highest BCUT2D eigenvalue weighted by Gasteiger charge is 1.94. The number of unbranched alkanes of at least 4 members (excludes halogenated alkanes) is 2. The largest absolute Gasteiger partial charge is 0.381 e. The molecule has 0 unspecified atom stereocenters. The van der Waals surface area contributed by atoms with Crippen molar-refractivity contribution in [3.8, 4) is 0 Å². The summed E-state index contributed by atoms with van der Waals surface area (Å²) < 4.78 is 5.53. The predicted molar refractivity (Wildman–Crippen MR) is 62.7 cm³/mol. The molecule has 0 aliphatic heterocycles. The van der Waals surface area contributed by atoms with Crippen LogP contribution in [0.4, 0.5) is 0 Å². The Morgan fingerprint density at radius 2 is 1.86 bits per heavy atom. The van der Waals surface area contributed by atoms with Crippen molar-refractivity contribution in [2.24, 2.45) is 5.92 Å². The fraction of sp³-hybridized carbons (Fsp3) is 1.00. The van der Waals surface area contributed by atoms with E-state index in [1.165, 1.54) is 25.7 Å². The molecule has 0 fully saturated rings. The number of rotatable bonds is 10. The van der Waals surface area contributed by atoms with Gasteiger partial charge in [0, 0.05) is 13.2 Å². The van der Waals surface area contributed by atoms with Gasteiger partial charge in [0.05, 0.1) is 0 Å². The first-order chi connectivity index (χ1) is 6.77. The molecule has 0 saturated carbocycles. The molecule has 0 saturated heterocycles. The minimum atomic E-state index is 0.767. The average molecular weight is 201 g/mol. The van der Waals surface area contributed by atoms with Crippen LogP contribution in [-0.2, 0) is 4.74 Å². The minimum absolute atomic E-state index is 0.767. The Balaban J connectivity index is 2.85. The van der Waals surface area contributed by atoms with E-state index in [1.807, 2.05) is 0 Å². The molecule has 0 aliphatic rings. The summed E-state index contributed by atoms with van der Waals surface area (Å²) in [5.74, 6) is 0.767. The van der Waals surface area contributed by atoms with Gasteiger partial charge in [-0.05, 0) is 44.7 Å². The molecule has 0 rings (SSSR count). The van der Waals surface area contributed by atoms with Gasteiger partial charge in [0.2, 0.25) is 0 Å². The molecule has 0 bridgehead atoms. The molecule has 0 amide bonds. The molecule has 2 heteroatoms. The molecule has 0 aromatic heterocycles. The lowest BCUT2D eigenvalue weighted by molar-refractivity contribution is 0.120. The molecule has 0 aromatic rings. The molecule has 86 valence electrons. The van der Waals surface area contributed by atoms with Gasteiger partial charge in [0.25, 0.3) is 0 Å². The van der Waals surface area contributed by atoms with Crippen LogP contribution in [-0.4, -0.2) is 26.3 Å². The lowest BCUT2D eigenvalue weighted by atomic mass is 10.1. The first-order valence-electron chi connectivity index (χ1n) is 6.05. The predicted octanol–water partition coefficient (Wildman–Crippen LogP) is 2.83. The van der Waals surface area contributed by atoms with Gasteiger partial charge in [-0.15, -0.1) is 0 Å². The van der Waals surface area contributed by atoms with Crippen molar-refractivity contribution in [1.82, 2.24) is 5.32 Å². The Hall–Kier alpha value is -0.0800. The summed E-state index contributed by atoms with van der Waals surface area (Å²) in [6.07, 6.45) is 4.97. The van der Waals surface area contributed by atoms with E-state index in [2.05, 4.69) is 26.1 Å². The van der Waals surface area contributed by atoms with Gasteiger partial charge >= 0.3 is 0 Å². The lowest BCUT2D eigenvalue weighted by Gasteiger charge is -2.06. The zero-order valence-electron chi connectivity index (χ0n) is 10.1. The average Bonchev–Trinajstić information content (AvgIpc) is 2.15. The molecule has 0 aliphatic carbocycles. The Bertz CT molecular complexity index is 104. The first kappa shape index (κ1) is 13.9. The molecular formula is C12H27NO. The number of nitrogens with one attached hydrogen (secondary N) is 1. The minimum Gasteiger partial charge on any atom is -0.381 e. The maximum absolute atomic E-state index is 5.53. The number of hydrogen-bond acceptors (Lipinski definition) is 2. The van der Waals surface area contributed by atoms with Gasteiger partial charge in [-0.1, -0.05) is 20.8 Å². The maximum atomic E-state index is 5.53. The van der Waals surface area contributed by atoms with Gasteiger partial charge in [0.15, 0.2) is 0 Å². The van der Waals surface area contributed by atoms with Crippen molar-refractivity contribution < 1.29 is 4.74 Å². The lowest BCUT2D eigenvalue weighted by Crippen LogP contribution is -2.13. The highest BCUT2D eigenvalue weighted by molar-refractivity contribution is 4.47. The van der Waals surface area contributed by atoms with E-state index >= 15 is 0 Å². The summed E-state index contributed by atoms with van der Waals surface area (Å²) in [7, 11) is 0. The molecule has 14 heavy (non-hydrogen) atoms. The molecule has 0 atom stereocenters. The van der Waals surface area contributed by atoms with E-state index in [4.69, 9.17) is 4.74 Å². The van der Waals surface area contributed by atoms with Crippen LogP contribution in [0.15, 0.2) is 0 Å².